The van der Waals surface area contributed by atoms with Crippen molar-refractivity contribution >= 4 is 27.8 Å². The van der Waals surface area contributed by atoms with Crippen molar-refractivity contribution in [3.05, 3.63) is 77.6 Å². The van der Waals surface area contributed by atoms with E-state index in [0.717, 1.165) is 51.2 Å². The molecule has 0 radical (unpaired) electrons. The predicted octanol–water partition coefficient (Wildman–Crippen LogP) is 4.95. The first-order valence-corrected chi connectivity index (χ1v) is 11.8. The summed E-state index contributed by atoms with van der Waals surface area (Å²) in [5, 5.41) is 10.1. The summed E-state index contributed by atoms with van der Waals surface area (Å²) in [4.78, 5) is 20.7. The number of fused-ring (bicyclic) bond motifs is 2. The minimum atomic E-state index is -0.00305. The average molecular weight is 468 g/mol. The van der Waals surface area contributed by atoms with Gasteiger partial charge < -0.3 is 15.0 Å². The number of rotatable bonds is 8. The number of aromatic amines is 1. The first-order valence-electron chi connectivity index (χ1n) is 11.8. The molecule has 7 nitrogen and oxygen atoms in total. The van der Waals surface area contributed by atoms with Crippen molar-refractivity contribution in [2.24, 2.45) is 0 Å². The van der Waals surface area contributed by atoms with Gasteiger partial charge in [0.1, 0.15) is 11.4 Å². The van der Waals surface area contributed by atoms with Crippen molar-refractivity contribution < 1.29 is 9.53 Å². The Labute approximate surface area is 204 Å². The molecule has 0 spiro atoms. The molecule has 0 aliphatic rings. The monoisotopic (exact) mass is 467 g/mol. The minimum Gasteiger partial charge on any atom is -0.496 e. The van der Waals surface area contributed by atoms with Crippen LogP contribution in [0.25, 0.3) is 33.2 Å². The highest BCUT2D eigenvalue weighted by molar-refractivity contribution is 5.95. The van der Waals surface area contributed by atoms with E-state index in [1.807, 2.05) is 54.2 Å². The number of para-hydroxylation sites is 2. The van der Waals surface area contributed by atoms with E-state index in [0.29, 0.717) is 19.5 Å². The third kappa shape index (κ3) is 4.49. The van der Waals surface area contributed by atoms with Crippen molar-refractivity contribution in [3.8, 4) is 17.0 Å². The molecule has 5 rings (SSSR count). The molecule has 0 aliphatic carbocycles. The molecule has 0 fully saturated rings. The number of hydrogen-bond acceptors (Lipinski definition) is 4. The van der Waals surface area contributed by atoms with Gasteiger partial charge in [-0.1, -0.05) is 30.3 Å². The fraction of sp³-hybridized carbons (Fsp3) is 0.250. The molecule has 3 aromatic heterocycles. The van der Waals surface area contributed by atoms with E-state index in [9.17, 15) is 4.79 Å². The summed E-state index contributed by atoms with van der Waals surface area (Å²) in [5.74, 6) is 0.755. The maximum atomic E-state index is 12.7. The molecule has 1 amide bonds. The number of ether oxygens (including phenoxy) is 1. The minimum absolute atomic E-state index is 0.00305. The van der Waals surface area contributed by atoms with Crippen LogP contribution in [0.3, 0.4) is 0 Å². The van der Waals surface area contributed by atoms with E-state index >= 15 is 0 Å². The fourth-order valence-electron chi connectivity index (χ4n) is 4.67. The third-order valence-electron chi connectivity index (χ3n) is 6.33. The van der Waals surface area contributed by atoms with Gasteiger partial charge in [0, 0.05) is 41.3 Å². The predicted molar refractivity (Wildman–Crippen MR) is 139 cm³/mol. The molecule has 0 saturated heterocycles. The number of carbonyl (C=O) groups is 1. The highest BCUT2D eigenvalue weighted by atomic mass is 16.5. The SMILES string of the molecule is COc1ccccc1-c1nn(CCC(=O)NCCc2c[nH]c3ccccc23)c2nc(C)cc(C)c12. The van der Waals surface area contributed by atoms with Crippen molar-refractivity contribution in [2.75, 3.05) is 13.7 Å². The van der Waals surface area contributed by atoms with Crippen molar-refractivity contribution in [1.29, 1.82) is 0 Å². The van der Waals surface area contributed by atoms with Gasteiger partial charge in [0.05, 0.1) is 19.0 Å². The van der Waals surface area contributed by atoms with Gasteiger partial charge >= 0.3 is 0 Å². The molecule has 178 valence electrons. The van der Waals surface area contributed by atoms with E-state index in [1.165, 1.54) is 10.9 Å². The van der Waals surface area contributed by atoms with Gasteiger partial charge in [-0.2, -0.15) is 5.10 Å². The molecule has 7 heteroatoms. The molecule has 0 bridgehead atoms. The van der Waals surface area contributed by atoms with Crippen LogP contribution in [0.4, 0.5) is 0 Å². The summed E-state index contributed by atoms with van der Waals surface area (Å²) < 4.78 is 7.43. The van der Waals surface area contributed by atoms with Crippen LogP contribution < -0.4 is 10.1 Å². The van der Waals surface area contributed by atoms with E-state index < -0.39 is 0 Å². The topological polar surface area (TPSA) is 84.8 Å². The molecule has 0 atom stereocenters. The molecule has 5 aromatic rings. The number of aromatic nitrogens is 4. The quantitative estimate of drug-likeness (QED) is 0.338. The Bertz CT molecular complexity index is 1510. The van der Waals surface area contributed by atoms with Crippen LogP contribution in [0.2, 0.25) is 0 Å². The molecule has 2 N–H and O–H groups in total. The number of hydrogen-bond donors (Lipinski definition) is 2. The van der Waals surface area contributed by atoms with Crippen molar-refractivity contribution in [2.45, 2.75) is 33.2 Å². The lowest BCUT2D eigenvalue weighted by atomic mass is 10.0. The molecule has 0 saturated carbocycles. The number of aryl methyl sites for hydroxylation is 3. The van der Waals surface area contributed by atoms with E-state index in [1.54, 1.807) is 7.11 Å². The fourth-order valence-corrected chi connectivity index (χ4v) is 4.67. The summed E-state index contributed by atoms with van der Waals surface area (Å²) in [7, 11) is 1.66. The van der Waals surface area contributed by atoms with Crippen LogP contribution in [0.15, 0.2) is 60.8 Å². The van der Waals surface area contributed by atoms with Gasteiger partial charge in [-0.25, -0.2) is 9.67 Å². The third-order valence-corrected chi connectivity index (χ3v) is 6.33. The van der Waals surface area contributed by atoms with Crippen molar-refractivity contribution in [3.63, 3.8) is 0 Å². The lowest BCUT2D eigenvalue weighted by Crippen LogP contribution is -2.26. The van der Waals surface area contributed by atoms with E-state index in [-0.39, 0.29) is 5.91 Å². The second kappa shape index (κ2) is 9.62. The number of carbonyl (C=O) groups excluding carboxylic acids is 1. The van der Waals surface area contributed by atoms with Crippen molar-refractivity contribution in [1.82, 2.24) is 25.1 Å². The first kappa shape index (κ1) is 22.7. The number of benzene rings is 2. The zero-order valence-corrected chi connectivity index (χ0v) is 20.3. The Morgan fingerprint density at radius 2 is 1.91 bits per heavy atom. The number of nitrogens with one attached hydrogen (secondary N) is 2. The summed E-state index contributed by atoms with van der Waals surface area (Å²) in [5.41, 5.74) is 6.86. The van der Waals surface area contributed by atoms with Gasteiger partial charge in [-0.05, 0) is 55.7 Å². The van der Waals surface area contributed by atoms with Crippen LogP contribution in [0.1, 0.15) is 23.2 Å². The zero-order chi connectivity index (χ0) is 24.4. The zero-order valence-electron chi connectivity index (χ0n) is 20.3. The molecule has 35 heavy (non-hydrogen) atoms. The van der Waals surface area contributed by atoms with Gasteiger partial charge in [-0.3, -0.25) is 4.79 Å². The Morgan fingerprint density at radius 1 is 1.11 bits per heavy atom. The van der Waals surface area contributed by atoms with Gasteiger partial charge in [-0.15, -0.1) is 0 Å². The largest absolute Gasteiger partial charge is 0.496 e. The van der Waals surface area contributed by atoms with Crippen LogP contribution in [-0.4, -0.2) is 39.3 Å². The molecule has 2 aromatic carbocycles. The lowest BCUT2D eigenvalue weighted by Gasteiger charge is -2.06. The molecule has 0 aliphatic heterocycles. The normalized spacial score (nSPS) is 11.3. The molecular weight excluding hydrogens is 438 g/mol. The molecule has 0 unspecified atom stereocenters. The Balaban J connectivity index is 1.32. The standard InChI is InChI=1S/C28H29N5O2/c1-18-16-19(2)31-28-26(18)27(22-9-5-7-11-24(22)35-3)32-33(28)15-13-25(34)29-14-12-20-17-30-23-10-6-4-8-21(20)23/h4-11,16-17,30H,12-15H2,1-3H3,(H,29,34). The van der Waals surface area contributed by atoms with Crippen LogP contribution in [0.5, 0.6) is 5.75 Å². The van der Waals surface area contributed by atoms with Gasteiger partial charge in [0.25, 0.3) is 0 Å². The Kier molecular flexibility index (Phi) is 6.23. The molecular formula is C28H29N5O2. The highest BCUT2D eigenvalue weighted by Gasteiger charge is 2.19. The van der Waals surface area contributed by atoms with Crippen LogP contribution >= 0.6 is 0 Å². The Hall–Kier alpha value is -4.13. The van der Waals surface area contributed by atoms with Gasteiger partial charge in [0.15, 0.2) is 5.65 Å². The Morgan fingerprint density at radius 3 is 2.77 bits per heavy atom. The van der Waals surface area contributed by atoms with Crippen LogP contribution in [-0.2, 0) is 17.8 Å². The number of H-pyrrole nitrogens is 1. The van der Waals surface area contributed by atoms with Crippen LogP contribution in [0, 0.1) is 13.8 Å². The van der Waals surface area contributed by atoms with Gasteiger partial charge in [0.2, 0.25) is 5.91 Å². The maximum absolute atomic E-state index is 12.7. The summed E-state index contributed by atoms with van der Waals surface area (Å²) >= 11 is 0. The summed E-state index contributed by atoms with van der Waals surface area (Å²) in [6.07, 6.45) is 3.12. The van der Waals surface area contributed by atoms with E-state index in [4.69, 9.17) is 14.8 Å². The second-order valence-electron chi connectivity index (χ2n) is 8.76. The smallest absolute Gasteiger partial charge is 0.221 e. The number of nitrogens with zero attached hydrogens (tertiary/aromatic N) is 3. The number of pyridine rings is 1. The summed E-state index contributed by atoms with van der Waals surface area (Å²) in [6.45, 7) is 5.08. The first-order chi connectivity index (χ1) is 17.0. The second-order valence-corrected chi connectivity index (χ2v) is 8.76. The maximum Gasteiger partial charge on any atom is 0.221 e. The highest BCUT2D eigenvalue weighted by Crippen LogP contribution is 2.35. The summed E-state index contributed by atoms with van der Waals surface area (Å²) in [6, 6.07) is 18.1. The van der Waals surface area contributed by atoms with E-state index in [2.05, 4.69) is 35.4 Å². The lowest BCUT2D eigenvalue weighted by molar-refractivity contribution is -0.121. The molecule has 3 heterocycles. The average Bonchev–Trinajstić information content (AvgIpc) is 3.44. The number of methoxy groups -OCH3 is 1. The number of amides is 1.